The molecule has 4 rings (SSSR count). The standard InChI is InChI=1S/C19H14N2O3S/c1-13-11-15-6-3-9-17(19(15)21-12-13)25(22,23)24-16-8-2-5-14-7-4-10-20-18(14)16/h2-12H,1H3. The fourth-order valence-electron chi connectivity index (χ4n) is 2.75. The average Bonchev–Trinajstić information content (AvgIpc) is 2.61. The number of pyridine rings is 2. The van der Waals surface area contributed by atoms with E-state index in [1.165, 1.54) is 6.07 Å². The minimum atomic E-state index is -4.05. The van der Waals surface area contributed by atoms with Crippen molar-refractivity contribution in [1.29, 1.82) is 0 Å². The summed E-state index contributed by atoms with van der Waals surface area (Å²) in [5.41, 5.74) is 1.85. The molecule has 0 aliphatic carbocycles. The van der Waals surface area contributed by atoms with Gasteiger partial charge in [0, 0.05) is 23.2 Å². The van der Waals surface area contributed by atoms with Crippen LogP contribution >= 0.6 is 0 Å². The second-order valence-electron chi connectivity index (χ2n) is 5.71. The summed E-state index contributed by atoms with van der Waals surface area (Å²) in [5.74, 6) is 0.196. The maximum Gasteiger partial charge on any atom is 0.341 e. The molecule has 2 heterocycles. The van der Waals surface area contributed by atoms with Gasteiger partial charge in [-0.15, -0.1) is 0 Å². The molecule has 25 heavy (non-hydrogen) atoms. The highest BCUT2D eigenvalue weighted by Gasteiger charge is 2.22. The molecular formula is C19H14N2O3S. The molecular weight excluding hydrogens is 336 g/mol. The van der Waals surface area contributed by atoms with Crippen molar-refractivity contribution in [3.05, 3.63) is 72.6 Å². The number of nitrogens with zero attached hydrogens (tertiary/aromatic N) is 2. The third kappa shape index (κ3) is 2.81. The first kappa shape index (κ1) is 15.5. The van der Waals surface area contributed by atoms with Crippen LogP contribution < -0.4 is 4.18 Å². The Morgan fingerprint density at radius 3 is 2.52 bits per heavy atom. The number of hydrogen-bond donors (Lipinski definition) is 0. The first-order valence-electron chi connectivity index (χ1n) is 7.68. The predicted molar refractivity (Wildman–Crippen MR) is 96.0 cm³/mol. The summed E-state index contributed by atoms with van der Waals surface area (Å²) in [6.07, 6.45) is 3.24. The maximum atomic E-state index is 12.9. The molecule has 0 atom stereocenters. The van der Waals surface area contributed by atoms with Gasteiger partial charge in [0.1, 0.15) is 10.4 Å². The number of hydrogen-bond acceptors (Lipinski definition) is 5. The van der Waals surface area contributed by atoms with Gasteiger partial charge in [0.05, 0.1) is 5.52 Å². The van der Waals surface area contributed by atoms with E-state index in [9.17, 15) is 8.42 Å². The highest BCUT2D eigenvalue weighted by Crippen LogP contribution is 2.29. The lowest BCUT2D eigenvalue weighted by molar-refractivity contribution is 0.489. The Morgan fingerprint density at radius 1 is 0.880 bits per heavy atom. The molecule has 0 unspecified atom stereocenters. The first-order chi connectivity index (χ1) is 12.0. The van der Waals surface area contributed by atoms with Crippen molar-refractivity contribution < 1.29 is 12.6 Å². The van der Waals surface area contributed by atoms with Crippen LogP contribution in [0.15, 0.2) is 71.9 Å². The summed E-state index contributed by atoms with van der Waals surface area (Å²) >= 11 is 0. The summed E-state index contributed by atoms with van der Waals surface area (Å²) < 4.78 is 31.1. The minimum absolute atomic E-state index is 0.0398. The molecule has 0 fully saturated rings. The molecule has 4 aromatic rings. The van der Waals surface area contributed by atoms with E-state index < -0.39 is 10.1 Å². The smallest absolute Gasteiger partial charge is 0.341 e. The van der Waals surface area contributed by atoms with E-state index >= 15 is 0 Å². The largest absolute Gasteiger partial charge is 0.377 e. The predicted octanol–water partition coefficient (Wildman–Crippen LogP) is 3.86. The lowest BCUT2D eigenvalue weighted by atomic mass is 10.2. The quantitative estimate of drug-likeness (QED) is 0.525. The molecule has 0 saturated heterocycles. The summed E-state index contributed by atoms with van der Waals surface area (Å²) in [6, 6.07) is 15.7. The normalized spacial score (nSPS) is 11.7. The Bertz CT molecular complexity index is 1200. The Labute approximate surface area is 145 Å². The van der Waals surface area contributed by atoms with Gasteiger partial charge in [0.15, 0.2) is 5.75 Å². The number of para-hydroxylation sites is 2. The van der Waals surface area contributed by atoms with Crippen LogP contribution in [0, 0.1) is 6.92 Å². The van der Waals surface area contributed by atoms with E-state index in [1.807, 2.05) is 31.2 Å². The van der Waals surface area contributed by atoms with Crippen molar-refractivity contribution in [2.45, 2.75) is 11.8 Å². The van der Waals surface area contributed by atoms with Crippen LogP contribution in [0.4, 0.5) is 0 Å². The van der Waals surface area contributed by atoms with E-state index in [0.29, 0.717) is 11.0 Å². The second kappa shape index (κ2) is 5.82. The highest BCUT2D eigenvalue weighted by molar-refractivity contribution is 7.87. The zero-order valence-electron chi connectivity index (χ0n) is 13.4. The molecule has 2 aromatic carbocycles. The van der Waals surface area contributed by atoms with Crippen molar-refractivity contribution in [3.63, 3.8) is 0 Å². The summed E-state index contributed by atoms with van der Waals surface area (Å²) in [4.78, 5) is 8.54. The highest BCUT2D eigenvalue weighted by atomic mass is 32.2. The van der Waals surface area contributed by atoms with E-state index in [0.717, 1.165) is 16.3 Å². The Morgan fingerprint density at radius 2 is 1.64 bits per heavy atom. The van der Waals surface area contributed by atoms with Crippen molar-refractivity contribution in [2.75, 3.05) is 0 Å². The molecule has 2 aromatic heterocycles. The molecule has 0 spiro atoms. The van der Waals surface area contributed by atoms with Crippen molar-refractivity contribution in [3.8, 4) is 5.75 Å². The van der Waals surface area contributed by atoms with Gasteiger partial charge in [0.2, 0.25) is 0 Å². The van der Waals surface area contributed by atoms with Gasteiger partial charge in [-0.05, 0) is 36.8 Å². The Balaban J connectivity index is 1.85. The van der Waals surface area contributed by atoms with Crippen LogP contribution in [0.25, 0.3) is 21.8 Å². The molecule has 0 amide bonds. The minimum Gasteiger partial charge on any atom is -0.377 e. The number of aryl methyl sites for hydroxylation is 1. The number of rotatable bonds is 3. The molecule has 124 valence electrons. The molecule has 0 N–H and O–H groups in total. The monoisotopic (exact) mass is 350 g/mol. The number of fused-ring (bicyclic) bond motifs is 2. The first-order valence-corrected chi connectivity index (χ1v) is 9.09. The zero-order valence-corrected chi connectivity index (χ0v) is 14.2. The van der Waals surface area contributed by atoms with Crippen molar-refractivity contribution >= 4 is 31.9 Å². The van der Waals surface area contributed by atoms with Crippen LogP contribution in [0.5, 0.6) is 5.75 Å². The third-order valence-corrected chi connectivity index (χ3v) is 5.14. The summed E-state index contributed by atoms with van der Waals surface area (Å²) in [7, 11) is -4.05. The molecule has 0 bridgehead atoms. The third-order valence-electron chi connectivity index (χ3n) is 3.88. The lowest BCUT2D eigenvalue weighted by Gasteiger charge is -2.10. The van der Waals surface area contributed by atoms with Gasteiger partial charge in [-0.2, -0.15) is 8.42 Å². The fraction of sp³-hybridized carbons (Fsp3) is 0.0526. The molecule has 0 aliphatic rings. The number of benzene rings is 2. The van der Waals surface area contributed by atoms with Gasteiger partial charge in [0.25, 0.3) is 0 Å². The van der Waals surface area contributed by atoms with Gasteiger partial charge in [-0.3, -0.25) is 9.97 Å². The van der Waals surface area contributed by atoms with E-state index in [4.69, 9.17) is 4.18 Å². The van der Waals surface area contributed by atoms with Gasteiger partial charge < -0.3 is 4.18 Å². The molecule has 0 radical (unpaired) electrons. The Hall–Kier alpha value is -2.99. The maximum absolute atomic E-state index is 12.9. The van der Waals surface area contributed by atoms with E-state index in [2.05, 4.69) is 9.97 Å². The fourth-order valence-corrected chi connectivity index (χ4v) is 3.86. The molecule has 0 saturated carbocycles. The van der Waals surface area contributed by atoms with Crippen LogP contribution in [0.2, 0.25) is 0 Å². The van der Waals surface area contributed by atoms with Crippen LogP contribution in [0.1, 0.15) is 5.56 Å². The van der Waals surface area contributed by atoms with Crippen molar-refractivity contribution in [2.24, 2.45) is 0 Å². The summed E-state index contributed by atoms with van der Waals surface area (Å²) in [6.45, 7) is 1.91. The van der Waals surface area contributed by atoms with Crippen LogP contribution in [-0.2, 0) is 10.1 Å². The van der Waals surface area contributed by atoms with Crippen LogP contribution in [-0.4, -0.2) is 18.4 Å². The van der Waals surface area contributed by atoms with E-state index in [-0.39, 0.29) is 10.6 Å². The van der Waals surface area contributed by atoms with Crippen molar-refractivity contribution in [1.82, 2.24) is 9.97 Å². The van der Waals surface area contributed by atoms with Crippen LogP contribution in [0.3, 0.4) is 0 Å². The molecule has 0 aliphatic heterocycles. The SMILES string of the molecule is Cc1cnc2c(S(=O)(=O)Oc3cccc4cccnc34)cccc2c1. The van der Waals surface area contributed by atoms with Gasteiger partial charge >= 0.3 is 10.1 Å². The zero-order chi connectivity index (χ0) is 17.4. The topological polar surface area (TPSA) is 69.2 Å². The summed E-state index contributed by atoms with van der Waals surface area (Å²) in [5, 5.41) is 1.56. The van der Waals surface area contributed by atoms with Gasteiger partial charge in [-0.25, -0.2) is 0 Å². The van der Waals surface area contributed by atoms with Gasteiger partial charge in [-0.1, -0.05) is 30.3 Å². The second-order valence-corrected chi connectivity index (χ2v) is 7.22. The van der Waals surface area contributed by atoms with E-state index in [1.54, 1.807) is 36.7 Å². The molecule has 5 nitrogen and oxygen atoms in total. The average molecular weight is 350 g/mol. The molecule has 6 heteroatoms. The lowest BCUT2D eigenvalue weighted by Crippen LogP contribution is -2.11. The Kier molecular flexibility index (Phi) is 3.62. The number of aromatic nitrogens is 2.